The van der Waals surface area contributed by atoms with Crippen LogP contribution in [-0.4, -0.2) is 12.1 Å². The van der Waals surface area contributed by atoms with E-state index in [-0.39, 0.29) is 0 Å². The van der Waals surface area contributed by atoms with Crippen LogP contribution in [0.3, 0.4) is 0 Å². The van der Waals surface area contributed by atoms with E-state index in [1.807, 2.05) is 6.92 Å². The maximum atomic E-state index is 12.4. The van der Waals surface area contributed by atoms with E-state index in [2.05, 4.69) is 4.74 Å². The highest BCUT2D eigenvalue weighted by molar-refractivity contribution is 5.76. The minimum atomic E-state index is -5.02. The zero-order chi connectivity index (χ0) is 15.5. The molecule has 0 aromatic heterocycles. The molecule has 2 nitrogen and oxygen atoms in total. The summed E-state index contributed by atoms with van der Waals surface area (Å²) in [5.41, 5.74) is 1.94. The molecule has 0 bridgehead atoms. The van der Waals surface area contributed by atoms with Gasteiger partial charge in [-0.25, -0.2) is 4.79 Å². The van der Waals surface area contributed by atoms with Crippen molar-refractivity contribution in [3.05, 3.63) is 71.3 Å². The van der Waals surface area contributed by atoms with E-state index >= 15 is 0 Å². The molecular formula is C16H13F3O2. The van der Waals surface area contributed by atoms with Gasteiger partial charge < -0.3 is 4.74 Å². The summed E-state index contributed by atoms with van der Waals surface area (Å²) in [6.07, 6.45) is -6.10. The van der Waals surface area contributed by atoms with Crippen molar-refractivity contribution < 1.29 is 22.7 Å². The van der Waals surface area contributed by atoms with Crippen LogP contribution in [0.4, 0.5) is 13.2 Å². The third-order valence-electron chi connectivity index (χ3n) is 2.94. The number of rotatable bonds is 3. The zero-order valence-electron chi connectivity index (χ0n) is 11.2. The second-order valence-corrected chi connectivity index (χ2v) is 4.60. The van der Waals surface area contributed by atoms with Crippen molar-refractivity contribution in [1.29, 1.82) is 0 Å². The Balaban J connectivity index is 2.36. The van der Waals surface area contributed by atoms with Crippen molar-refractivity contribution in [2.45, 2.75) is 19.2 Å². The first-order valence-electron chi connectivity index (χ1n) is 6.27. The average molecular weight is 294 g/mol. The van der Waals surface area contributed by atoms with E-state index in [9.17, 15) is 18.0 Å². The SMILES string of the molecule is Cc1ccc(C(OC(=O)C(F)(F)F)c2ccccc2)cc1. The first-order valence-corrected chi connectivity index (χ1v) is 6.27. The van der Waals surface area contributed by atoms with Gasteiger partial charge in [-0.2, -0.15) is 13.2 Å². The Morgan fingerprint density at radius 1 is 0.952 bits per heavy atom. The summed E-state index contributed by atoms with van der Waals surface area (Å²) >= 11 is 0. The molecule has 1 unspecified atom stereocenters. The second kappa shape index (κ2) is 5.99. The topological polar surface area (TPSA) is 26.3 Å². The van der Waals surface area contributed by atoms with Crippen LogP contribution in [-0.2, 0) is 9.53 Å². The third-order valence-corrected chi connectivity index (χ3v) is 2.94. The van der Waals surface area contributed by atoms with E-state index in [0.717, 1.165) is 5.56 Å². The van der Waals surface area contributed by atoms with Crippen molar-refractivity contribution in [1.82, 2.24) is 0 Å². The summed E-state index contributed by atoms with van der Waals surface area (Å²) < 4.78 is 42.0. The van der Waals surface area contributed by atoms with Crippen LogP contribution in [0, 0.1) is 6.92 Å². The highest BCUT2D eigenvalue weighted by Gasteiger charge is 2.42. The van der Waals surface area contributed by atoms with Gasteiger partial charge in [0.2, 0.25) is 0 Å². The molecule has 2 aromatic rings. The zero-order valence-corrected chi connectivity index (χ0v) is 11.2. The summed E-state index contributed by atoms with van der Waals surface area (Å²) in [5, 5.41) is 0. The molecule has 2 rings (SSSR count). The summed E-state index contributed by atoms with van der Waals surface area (Å²) in [7, 11) is 0. The number of benzene rings is 2. The van der Waals surface area contributed by atoms with E-state index in [4.69, 9.17) is 0 Å². The van der Waals surface area contributed by atoms with Gasteiger partial charge in [-0.15, -0.1) is 0 Å². The maximum Gasteiger partial charge on any atom is 0.490 e. The Morgan fingerprint density at radius 2 is 1.48 bits per heavy atom. The Labute approximate surface area is 120 Å². The predicted octanol–water partition coefficient (Wildman–Crippen LogP) is 4.19. The molecule has 0 N–H and O–H groups in total. The lowest BCUT2D eigenvalue weighted by Crippen LogP contribution is -2.27. The first kappa shape index (κ1) is 15.1. The van der Waals surface area contributed by atoms with Crippen LogP contribution in [0.1, 0.15) is 22.8 Å². The van der Waals surface area contributed by atoms with Crippen molar-refractivity contribution >= 4 is 5.97 Å². The molecule has 2 aromatic carbocycles. The Hall–Kier alpha value is -2.30. The molecule has 0 saturated carbocycles. The van der Waals surface area contributed by atoms with E-state index in [1.54, 1.807) is 54.6 Å². The number of aryl methyl sites for hydroxylation is 1. The van der Waals surface area contributed by atoms with Gasteiger partial charge in [0.1, 0.15) is 0 Å². The quantitative estimate of drug-likeness (QED) is 0.793. The number of esters is 1. The molecule has 110 valence electrons. The standard InChI is InChI=1S/C16H13F3O2/c1-11-7-9-13(10-8-11)14(12-5-3-2-4-6-12)21-15(20)16(17,18)19/h2-10,14H,1H3. The molecule has 1 atom stereocenters. The summed E-state index contributed by atoms with van der Waals surface area (Å²) in [4.78, 5) is 11.1. The number of carbonyl (C=O) groups is 1. The number of carbonyl (C=O) groups excluding carboxylic acids is 1. The smallest absolute Gasteiger partial charge is 0.446 e. The number of hydrogen-bond acceptors (Lipinski definition) is 2. The van der Waals surface area contributed by atoms with Crippen molar-refractivity contribution in [3.63, 3.8) is 0 Å². The van der Waals surface area contributed by atoms with Crippen LogP contribution in [0.2, 0.25) is 0 Å². The number of hydrogen-bond donors (Lipinski definition) is 0. The Kier molecular flexibility index (Phi) is 4.31. The van der Waals surface area contributed by atoms with Crippen LogP contribution >= 0.6 is 0 Å². The summed E-state index contributed by atoms with van der Waals surface area (Å²) in [5.74, 6) is -2.20. The number of halogens is 3. The molecule has 0 aliphatic rings. The second-order valence-electron chi connectivity index (χ2n) is 4.60. The highest BCUT2D eigenvalue weighted by atomic mass is 19.4. The normalized spacial score (nSPS) is 12.8. The minimum absolute atomic E-state index is 0.485. The molecule has 5 heteroatoms. The lowest BCUT2D eigenvalue weighted by Gasteiger charge is -2.19. The predicted molar refractivity (Wildman–Crippen MR) is 71.6 cm³/mol. The molecule has 0 aliphatic carbocycles. The fourth-order valence-electron chi connectivity index (χ4n) is 1.87. The van der Waals surface area contributed by atoms with Gasteiger partial charge in [0, 0.05) is 0 Å². The van der Waals surface area contributed by atoms with Crippen LogP contribution in [0.5, 0.6) is 0 Å². The molecule has 0 amide bonds. The maximum absolute atomic E-state index is 12.4. The molecule has 0 radical (unpaired) electrons. The largest absolute Gasteiger partial charge is 0.490 e. The lowest BCUT2D eigenvalue weighted by atomic mass is 10.0. The van der Waals surface area contributed by atoms with Crippen molar-refractivity contribution in [3.8, 4) is 0 Å². The molecule has 0 spiro atoms. The Morgan fingerprint density at radius 3 is 2.00 bits per heavy atom. The van der Waals surface area contributed by atoms with Crippen LogP contribution in [0.15, 0.2) is 54.6 Å². The van der Waals surface area contributed by atoms with Gasteiger partial charge >= 0.3 is 12.1 Å². The minimum Gasteiger partial charge on any atom is -0.446 e. The molecule has 0 heterocycles. The average Bonchev–Trinajstić information content (AvgIpc) is 2.45. The molecular weight excluding hydrogens is 281 g/mol. The van der Waals surface area contributed by atoms with Gasteiger partial charge in [-0.05, 0) is 18.1 Å². The van der Waals surface area contributed by atoms with Gasteiger partial charge in [-0.1, -0.05) is 60.2 Å². The lowest BCUT2D eigenvalue weighted by molar-refractivity contribution is -0.203. The fourth-order valence-corrected chi connectivity index (χ4v) is 1.87. The van der Waals surface area contributed by atoms with Gasteiger partial charge in [0.05, 0.1) is 0 Å². The molecule has 21 heavy (non-hydrogen) atoms. The Bertz CT molecular complexity index is 604. The third kappa shape index (κ3) is 3.84. The number of ether oxygens (including phenoxy) is 1. The monoisotopic (exact) mass is 294 g/mol. The number of alkyl halides is 3. The van der Waals surface area contributed by atoms with E-state index < -0.39 is 18.2 Å². The van der Waals surface area contributed by atoms with Crippen molar-refractivity contribution in [2.24, 2.45) is 0 Å². The van der Waals surface area contributed by atoms with Gasteiger partial charge in [0.15, 0.2) is 6.10 Å². The van der Waals surface area contributed by atoms with Gasteiger partial charge in [-0.3, -0.25) is 0 Å². The molecule has 0 saturated heterocycles. The van der Waals surface area contributed by atoms with Crippen molar-refractivity contribution in [2.75, 3.05) is 0 Å². The fraction of sp³-hybridized carbons (Fsp3) is 0.188. The molecule has 0 aliphatic heterocycles. The highest BCUT2D eigenvalue weighted by Crippen LogP contribution is 2.29. The summed E-state index contributed by atoms with van der Waals surface area (Å²) in [6, 6.07) is 15.1. The first-order chi connectivity index (χ1) is 9.88. The summed E-state index contributed by atoms with van der Waals surface area (Å²) in [6.45, 7) is 1.86. The van der Waals surface area contributed by atoms with E-state index in [1.165, 1.54) is 0 Å². The van der Waals surface area contributed by atoms with E-state index in [0.29, 0.717) is 11.1 Å². The van der Waals surface area contributed by atoms with Crippen LogP contribution < -0.4 is 0 Å². The van der Waals surface area contributed by atoms with Crippen LogP contribution in [0.25, 0.3) is 0 Å². The molecule has 0 fully saturated rings. The van der Waals surface area contributed by atoms with Gasteiger partial charge in [0.25, 0.3) is 0 Å².